The van der Waals surface area contributed by atoms with Gasteiger partial charge in [-0.3, -0.25) is 0 Å². The monoisotopic (exact) mass is 590 g/mol. The molecule has 2 atom stereocenters. The molecular formula is C34H42N2O7. The first-order valence-electron chi connectivity index (χ1n) is 15.3. The molecule has 6 rings (SSSR count). The fraction of sp³-hybridized carbons (Fsp3) is 0.471. The highest BCUT2D eigenvalue weighted by molar-refractivity contribution is 5.61. The number of nitrogens with one attached hydrogen (secondary N) is 1. The summed E-state index contributed by atoms with van der Waals surface area (Å²) < 4.78 is 40.3. The summed E-state index contributed by atoms with van der Waals surface area (Å²) in [5.41, 5.74) is 3.60. The molecule has 3 heterocycles. The van der Waals surface area contributed by atoms with Gasteiger partial charge in [-0.05, 0) is 66.9 Å². The van der Waals surface area contributed by atoms with Crippen LogP contribution in [0.2, 0.25) is 0 Å². The fourth-order valence-corrected chi connectivity index (χ4v) is 5.85. The number of fused-ring (bicyclic) bond motifs is 2. The molecule has 3 aromatic rings. The molecule has 0 spiro atoms. The standard InChI is InChI=1S/C34H42N2O7/c1-37-16-2-14-36-15-19-40-31-10-4-25(20-30(31)36)23-41-34-22-35-13-12-29(34)26-5-7-27(8-6-26)38-17-3-18-39-28-9-11-32-33(21-28)43-24-42-32/h4-11,20-21,29,34-35H,2-3,12-19,22-24H2,1H3/t29-,34+/m1/s1. The van der Waals surface area contributed by atoms with Crippen molar-refractivity contribution in [1.29, 1.82) is 0 Å². The van der Waals surface area contributed by atoms with Crippen molar-refractivity contribution in [3.8, 4) is 28.7 Å². The number of piperidine rings is 1. The highest BCUT2D eigenvalue weighted by atomic mass is 16.7. The summed E-state index contributed by atoms with van der Waals surface area (Å²) >= 11 is 0. The Kier molecular flexibility index (Phi) is 10.0. The third-order valence-electron chi connectivity index (χ3n) is 8.13. The zero-order valence-electron chi connectivity index (χ0n) is 24.9. The van der Waals surface area contributed by atoms with Gasteiger partial charge in [-0.1, -0.05) is 18.2 Å². The highest BCUT2D eigenvalue weighted by Crippen LogP contribution is 2.36. The first kappa shape index (κ1) is 29.4. The lowest BCUT2D eigenvalue weighted by Gasteiger charge is -2.33. The number of methoxy groups -OCH3 is 1. The number of hydrogen-bond donors (Lipinski definition) is 1. The van der Waals surface area contributed by atoms with Crippen LogP contribution in [-0.2, 0) is 16.1 Å². The first-order chi connectivity index (χ1) is 21.3. The van der Waals surface area contributed by atoms with Crippen molar-refractivity contribution in [2.24, 2.45) is 0 Å². The van der Waals surface area contributed by atoms with E-state index >= 15 is 0 Å². The van der Waals surface area contributed by atoms with Crippen LogP contribution in [0.1, 0.15) is 36.3 Å². The number of anilines is 1. The summed E-state index contributed by atoms with van der Waals surface area (Å²) in [6, 6.07) is 20.5. The Balaban J connectivity index is 0.976. The maximum absolute atomic E-state index is 6.54. The van der Waals surface area contributed by atoms with Gasteiger partial charge in [0, 0.05) is 45.2 Å². The van der Waals surface area contributed by atoms with Crippen LogP contribution < -0.4 is 33.9 Å². The number of benzene rings is 3. The molecule has 0 unspecified atom stereocenters. The minimum atomic E-state index is 0.0962. The van der Waals surface area contributed by atoms with Crippen LogP contribution in [0.5, 0.6) is 28.7 Å². The van der Waals surface area contributed by atoms with E-state index in [0.29, 0.717) is 32.3 Å². The van der Waals surface area contributed by atoms with Gasteiger partial charge in [0.1, 0.15) is 23.9 Å². The number of hydrogen-bond acceptors (Lipinski definition) is 9. The number of nitrogens with zero attached hydrogens (tertiary/aromatic N) is 1. The summed E-state index contributed by atoms with van der Waals surface area (Å²) in [7, 11) is 1.75. The maximum Gasteiger partial charge on any atom is 0.231 e. The second-order valence-electron chi connectivity index (χ2n) is 11.1. The van der Waals surface area contributed by atoms with Crippen LogP contribution in [0.4, 0.5) is 5.69 Å². The SMILES string of the molecule is COCCCN1CCOc2ccc(CO[C@H]3CNCC[C@@H]3c3ccc(OCCCOc4ccc5c(c4)OCO5)cc3)cc21. The Morgan fingerprint density at radius 3 is 2.53 bits per heavy atom. The van der Waals surface area contributed by atoms with Crippen LogP contribution in [0, 0.1) is 0 Å². The van der Waals surface area contributed by atoms with Crippen molar-refractivity contribution in [2.75, 3.05) is 71.4 Å². The normalized spacial score (nSPS) is 19.0. The van der Waals surface area contributed by atoms with Gasteiger partial charge in [-0.25, -0.2) is 0 Å². The van der Waals surface area contributed by atoms with Gasteiger partial charge < -0.3 is 43.4 Å². The van der Waals surface area contributed by atoms with E-state index in [2.05, 4.69) is 52.7 Å². The summed E-state index contributed by atoms with van der Waals surface area (Å²) in [5.74, 6) is 4.40. The van der Waals surface area contributed by atoms with Crippen molar-refractivity contribution < 1.29 is 33.2 Å². The van der Waals surface area contributed by atoms with Crippen LogP contribution in [-0.4, -0.2) is 72.6 Å². The molecule has 230 valence electrons. The number of rotatable bonds is 14. The Morgan fingerprint density at radius 1 is 0.837 bits per heavy atom. The van der Waals surface area contributed by atoms with Crippen LogP contribution in [0.25, 0.3) is 0 Å². The van der Waals surface area contributed by atoms with Crippen molar-refractivity contribution in [3.05, 3.63) is 71.8 Å². The highest BCUT2D eigenvalue weighted by Gasteiger charge is 2.27. The zero-order valence-corrected chi connectivity index (χ0v) is 24.9. The van der Waals surface area contributed by atoms with E-state index in [-0.39, 0.29) is 12.9 Å². The van der Waals surface area contributed by atoms with Crippen LogP contribution in [0.15, 0.2) is 60.7 Å². The van der Waals surface area contributed by atoms with Gasteiger partial charge in [0.25, 0.3) is 0 Å². The van der Waals surface area contributed by atoms with E-state index in [9.17, 15) is 0 Å². The molecule has 0 aliphatic carbocycles. The lowest BCUT2D eigenvalue weighted by Crippen LogP contribution is -2.41. The van der Waals surface area contributed by atoms with Gasteiger partial charge in [0.15, 0.2) is 11.5 Å². The average Bonchev–Trinajstić information content (AvgIpc) is 3.52. The predicted octanol–water partition coefficient (Wildman–Crippen LogP) is 5.16. The molecule has 1 saturated heterocycles. The maximum atomic E-state index is 6.54. The van der Waals surface area contributed by atoms with Crippen molar-refractivity contribution in [3.63, 3.8) is 0 Å². The molecule has 0 amide bonds. The van der Waals surface area contributed by atoms with Crippen LogP contribution in [0.3, 0.4) is 0 Å². The second kappa shape index (κ2) is 14.7. The van der Waals surface area contributed by atoms with Gasteiger partial charge in [0.2, 0.25) is 6.79 Å². The van der Waals surface area contributed by atoms with Crippen molar-refractivity contribution in [1.82, 2.24) is 5.32 Å². The summed E-state index contributed by atoms with van der Waals surface area (Å²) in [6.45, 7) is 7.12. The Labute approximate surface area is 253 Å². The minimum Gasteiger partial charge on any atom is -0.493 e. The molecule has 3 aliphatic rings. The molecule has 1 fully saturated rings. The molecule has 43 heavy (non-hydrogen) atoms. The van der Waals surface area contributed by atoms with Gasteiger partial charge in [0.05, 0.1) is 38.2 Å². The summed E-state index contributed by atoms with van der Waals surface area (Å²) in [4.78, 5) is 2.39. The molecule has 3 aromatic carbocycles. The Morgan fingerprint density at radius 2 is 1.65 bits per heavy atom. The zero-order chi connectivity index (χ0) is 29.3. The third-order valence-corrected chi connectivity index (χ3v) is 8.13. The summed E-state index contributed by atoms with van der Waals surface area (Å²) in [6.07, 6.45) is 2.90. The topological polar surface area (TPSA) is 79.9 Å². The predicted molar refractivity (Wildman–Crippen MR) is 164 cm³/mol. The summed E-state index contributed by atoms with van der Waals surface area (Å²) in [5, 5.41) is 3.52. The Hall–Kier alpha value is -3.66. The van der Waals surface area contributed by atoms with Gasteiger partial charge in [-0.15, -0.1) is 0 Å². The molecule has 1 N–H and O–H groups in total. The third kappa shape index (κ3) is 7.65. The van der Waals surface area contributed by atoms with Gasteiger partial charge >= 0.3 is 0 Å². The number of ether oxygens (including phenoxy) is 7. The van der Waals surface area contributed by atoms with E-state index in [1.807, 2.05) is 18.2 Å². The van der Waals surface area contributed by atoms with Crippen molar-refractivity contribution >= 4 is 5.69 Å². The molecule has 9 heteroatoms. The molecule has 3 aliphatic heterocycles. The van der Waals surface area contributed by atoms with Gasteiger partial charge in [-0.2, -0.15) is 0 Å². The molecule has 0 aromatic heterocycles. The van der Waals surface area contributed by atoms with Crippen molar-refractivity contribution in [2.45, 2.75) is 37.9 Å². The molecule has 0 saturated carbocycles. The Bertz CT molecular complexity index is 1320. The van der Waals surface area contributed by atoms with E-state index in [0.717, 1.165) is 92.0 Å². The largest absolute Gasteiger partial charge is 0.493 e. The lowest BCUT2D eigenvalue weighted by molar-refractivity contribution is 0.0106. The smallest absolute Gasteiger partial charge is 0.231 e. The fourth-order valence-electron chi connectivity index (χ4n) is 5.85. The average molecular weight is 591 g/mol. The molecule has 0 radical (unpaired) electrons. The minimum absolute atomic E-state index is 0.0962. The molecule has 0 bridgehead atoms. The first-order valence-corrected chi connectivity index (χ1v) is 15.3. The molecule has 9 nitrogen and oxygen atoms in total. The lowest BCUT2D eigenvalue weighted by atomic mass is 9.87. The second-order valence-corrected chi connectivity index (χ2v) is 11.1. The van der Waals surface area contributed by atoms with E-state index in [4.69, 9.17) is 33.2 Å². The van der Waals surface area contributed by atoms with E-state index in [1.165, 1.54) is 5.56 Å². The molecular weight excluding hydrogens is 548 g/mol. The van der Waals surface area contributed by atoms with Crippen LogP contribution >= 0.6 is 0 Å². The quantitative estimate of drug-likeness (QED) is 0.256. The van der Waals surface area contributed by atoms with E-state index in [1.54, 1.807) is 7.11 Å². The van der Waals surface area contributed by atoms with E-state index < -0.39 is 0 Å².